The van der Waals surface area contributed by atoms with Crippen molar-refractivity contribution in [2.45, 2.75) is 19.0 Å². The summed E-state index contributed by atoms with van der Waals surface area (Å²) in [5, 5.41) is 4.37. The average molecular weight is 567 g/mol. The van der Waals surface area contributed by atoms with Gasteiger partial charge in [-0.25, -0.2) is 28.9 Å². The van der Waals surface area contributed by atoms with Crippen molar-refractivity contribution in [3.63, 3.8) is 0 Å². The number of rotatable bonds is 7. The van der Waals surface area contributed by atoms with Gasteiger partial charge in [-0.05, 0) is 47.5 Å². The number of aromatic nitrogens is 3. The van der Waals surface area contributed by atoms with Crippen molar-refractivity contribution in [3.8, 4) is 17.2 Å². The zero-order valence-corrected chi connectivity index (χ0v) is 23.4. The van der Waals surface area contributed by atoms with Crippen molar-refractivity contribution in [3.05, 3.63) is 122 Å². The van der Waals surface area contributed by atoms with E-state index in [9.17, 15) is 14.4 Å². The first-order valence-electron chi connectivity index (χ1n) is 13.5. The van der Waals surface area contributed by atoms with Gasteiger partial charge >= 0.3 is 11.4 Å². The number of aromatic amines is 1. The Morgan fingerprint density at radius 3 is 2.19 bits per heavy atom. The number of hydrogen-bond acceptors (Lipinski definition) is 7. The van der Waals surface area contributed by atoms with E-state index in [2.05, 4.69) is 10.5 Å². The molecule has 4 aromatic rings. The molecule has 2 aliphatic heterocycles. The van der Waals surface area contributed by atoms with Gasteiger partial charge < -0.3 is 9.47 Å². The van der Waals surface area contributed by atoms with Crippen molar-refractivity contribution in [1.82, 2.24) is 24.8 Å². The van der Waals surface area contributed by atoms with Crippen LogP contribution in [0.5, 0.6) is 11.5 Å². The van der Waals surface area contributed by atoms with Gasteiger partial charge in [-0.15, -0.1) is 0 Å². The number of dihydropyridines is 1. The van der Waals surface area contributed by atoms with Crippen LogP contribution in [0.3, 0.4) is 0 Å². The number of amides is 1. The lowest BCUT2D eigenvalue weighted by molar-refractivity contribution is -0.132. The maximum absolute atomic E-state index is 13.9. The number of benzene rings is 3. The Hall–Kier alpha value is -5.32. The highest BCUT2D eigenvalue weighted by Gasteiger charge is 2.44. The number of fused-ring (bicyclic) bond motifs is 1. The maximum Gasteiger partial charge on any atom is 0.352 e. The summed E-state index contributed by atoms with van der Waals surface area (Å²) in [4.78, 5) is 44.7. The van der Waals surface area contributed by atoms with E-state index >= 15 is 0 Å². The third-order valence-corrected chi connectivity index (χ3v) is 7.73. The van der Waals surface area contributed by atoms with Crippen molar-refractivity contribution in [2.24, 2.45) is 10.9 Å². The second-order valence-electron chi connectivity index (χ2n) is 10.1. The number of H-pyrrole nitrogens is 1. The van der Waals surface area contributed by atoms with Gasteiger partial charge in [0, 0.05) is 36.9 Å². The molecular weight excluding hydrogens is 536 g/mol. The lowest BCUT2D eigenvalue weighted by Gasteiger charge is -2.27. The molecule has 2 N–H and O–H groups in total. The zero-order valence-electron chi connectivity index (χ0n) is 23.4. The van der Waals surface area contributed by atoms with Crippen LogP contribution in [0.2, 0.25) is 0 Å². The number of ether oxygens (including phenoxy) is 2. The Balaban J connectivity index is 1.53. The smallest absolute Gasteiger partial charge is 0.352 e. The molecule has 1 aromatic heterocycles. The molecule has 0 spiro atoms. The van der Waals surface area contributed by atoms with E-state index in [1.165, 1.54) is 11.6 Å². The van der Waals surface area contributed by atoms with Gasteiger partial charge in [-0.1, -0.05) is 42.5 Å². The van der Waals surface area contributed by atoms with Crippen molar-refractivity contribution in [2.75, 3.05) is 20.8 Å². The number of aliphatic imine (C=N–C) groups is 1. The van der Waals surface area contributed by atoms with Crippen LogP contribution in [-0.4, -0.2) is 52.2 Å². The number of carbonyl (C=O) groups excluding carboxylic acids is 1. The molecule has 0 radical (unpaired) electrons. The molecule has 0 aliphatic carbocycles. The van der Waals surface area contributed by atoms with E-state index in [0.29, 0.717) is 29.3 Å². The lowest BCUT2D eigenvalue weighted by atomic mass is 9.85. The van der Waals surface area contributed by atoms with Gasteiger partial charge in [0.2, 0.25) is 5.91 Å². The topological polar surface area (TPSA) is 123 Å². The first kappa shape index (κ1) is 26.9. The molecule has 11 nitrogen and oxygen atoms in total. The minimum atomic E-state index is -0.765. The van der Waals surface area contributed by atoms with E-state index in [1.54, 1.807) is 61.8 Å². The number of methoxy groups -OCH3 is 2. The first-order chi connectivity index (χ1) is 20.4. The summed E-state index contributed by atoms with van der Waals surface area (Å²) < 4.78 is 13.1. The van der Waals surface area contributed by atoms with Crippen LogP contribution in [0.25, 0.3) is 5.69 Å². The largest absolute Gasteiger partial charge is 0.497 e. The molecule has 0 bridgehead atoms. The predicted octanol–water partition coefficient (Wildman–Crippen LogP) is 3.00. The van der Waals surface area contributed by atoms with Crippen LogP contribution < -0.4 is 26.3 Å². The average Bonchev–Trinajstić information content (AvgIpc) is 3.56. The predicted molar refractivity (Wildman–Crippen MR) is 157 cm³/mol. The van der Waals surface area contributed by atoms with Gasteiger partial charge in [0.25, 0.3) is 0 Å². The van der Waals surface area contributed by atoms with E-state index in [-0.39, 0.29) is 17.9 Å². The monoisotopic (exact) mass is 566 g/mol. The lowest BCUT2D eigenvalue weighted by Crippen LogP contribution is -2.37. The number of nitrogens with one attached hydrogen (secondary N) is 2. The molecule has 0 saturated carbocycles. The fraction of sp³-hybridized carbons (Fsp3) is 0.226. The molecule has 1 fully saturated rings. The van der Waals surface area contributed by atoms with Gasteiger partial charge in [0.1, 0.15) is 17.5 Å². The Kier molecular flexibility index (Phi) is 6.99. The minimum Gasteiger partial charge on any atom is -0.497 e. The normalized spacial score (nSPS) is 18.4. The molecule has 214 valence electrons. The quantitative estimate of drug-likeness (QED) is 0.355. The summed E-state index contributed by atoms with van der Waals surface area (Å²) in [6.45, 7) is 1.93. The molecule has 3 aromatic carbocycles. The number of allylic oxidation sites excluding steroid dienone is 1. The first-order valence-corrected chi connectivity index (χ1v) is 13.5. The number of hydrogen-bond donors (Lipinski definition) is 2. The summed E-state index contributed by atoms with van der Waals surface area (Å²) >= 11 is 0. The second-order valence-corrected chi connectivity index (χ2v) is 10.1. The standard InChI is InChI=1S/C31H30N6O5/c1-19(38)36-28(20-9-13-23(41-2)14-10-20)25-17-32-18-26(27(25)33-36)29(21-11-15-24(42-3)16-12-21)37-31(40)35(30(39)34-37)22-7-5-4-6-8-22/h4-16,18,25,28-29,33H,17H2,1-3H3,(H,34,39). The van der Waals surface area contributed by atoms with Crippen molar-refractivity contribution >= 4 is 12.1 Å². The van der Waals surface area contributed by atoms with Crippen molar-refractivity contribution in [1.29, 1.82) is 0 Å². The molecule has 42 heavy (non-hydrogen) atoms. The molecule has 2 aliphatic rings. The highest BCUT2D eigenvalue weighted by Crippen LogP contribution is 2.43. The number of para-hydroxylation sites is 1. The van der Waals surface area contributed by atoms with Crippen LogP contribution in [0, 0.1) is 5.92 Å². The third-order valence-electron chi connectivity index (χ3n) is 7.73. The van der Waals surface area contributed by atoms with Crippen LogP contribution in [-0.2, 0) is 4.79 Å². The van der Waals surface area contributed by atoms with Crippen LogP contribution in [0.15, 0.2) is 105 Å². The SMILES string of the molecule is COc1ccc(C2C3CN=CC(C(c4ccc(OC)cc4)n4[nH]c(=O)n(-c5ccccc5)c4=O)=C3NN2C(C)=O)cc1. The van der Waals surface area contributed by atoms with E-state index < -0.39 is 17.4 Å². The highest BCUT2D eigenvalue weighted by molar-refractivity contribution is 5.84. The van der Waals surface area contributed by atoms with E-state index in [0.717, 1.165) is 21.4 Å². The molecule has 3 heterocycles. The summed E-state index contributed by atoms with van der Waals surface area (Å²) in [7, 11) is 3.18. The fourth-order valence-electron chi connectivity index (χ4n) is 5.73. The van der Waals surface area contributed by atoms with Crippen molar-refractivity contribution < 1.29 is 14.3 Å². The summed E-state index contributed by atoms with van der Waals surface area (Å²) in [5.41, 5.74) is 5.72. The highest BCUT2D eigenvalue weighted by atomic mass is 16.5. The molecule has 3 unspecified atom stereocenters. The minimum absolute atomic E-state index is 0.168. The Bertz CT molecular complexity index is 1780. The van der Waals surface area contributed by atoms with Gasteiger partial charge in [-0.2, -0.15) is 0 Å². The van der Waals surface area contributed by atoms with Crippen LogP contribution >= 0.6 is 0 Å². The molecule has 3 atom stereocenters. The summed E-state index contributed by atoms with van der Waals surface area (Å²) in [6.07, 6.45) is 1.72. The fourth-order valence-corrected chi connectivity index (χ4v) is 5.73. The summed E-state index contributed by atoms with van der Waals surface area (Å²) in [6, 6.07) is 22.5. The van der Waals surface area contributed by atoms with Gasteiger partial charge in [0.05, 0.1) is 25.9 Å². The maximum atomic E-state index is 13.9. The molecule has 1 saturated heterocycles. The molecule has 6 rings (SSSR count). The molecule has 1 amide bonds. The number of nitrogens with zero attached hydrogens (tertiary/aromatic N) is 4. The van der Waals surface area contributed by atoms with E-state index in [4.69, 9.17) is 14.5 Å². The van der Waals surface area contributed by atoms with Gasteiger partial charge in [0.15, 0.2) is 0 Å². The van der Waals surface area contributed by atoms with E-state index in [1.807, 2.05) is 42.5 Å². The van der Waals surface area contributed by atoms with Crippen LogP contribution in [0.4, 0.5) is 0 Å². The molecule has 11 heteroatoms. The molecular formula is C31H30N6O5. The summed E-state index contributed by atoms with van der Waals surface area (Å²) in [5.74, 6) is 0.970. The Labute approximate surface area is 241 Å². The van der Waals surface area contributed by atoms with Gasteiger partial charge in [-0.3, -0.25) is 15.2 Å². The second kappa shape index (κ2) is 10.9. The number of hydrazine groups is 1. The Morgan fingerprint density at radius 2 is 1.57 bits per heavy atom. The van der Waals surface area contributed by atoms with Crippen LogP contribution in [0.1, 0.15) is 30.1 Å². The zero-order chi connectivity index (χ0) is 29.4. The third kappa shape index (κ3) is 4.58. The number of carbonyl (C=O) groups is 1. The Morgan fingerprint density at radius 1 is 0.929 bits per heavy atom.